The molecule has 140 valence electrons. The van der Waals surface area contributed by atoms with Crippen molar-refractivity contribution >= 4 is 23.4 Å². The standard InChI is InChI=1S/C19H19N3O5/c1-10-15(19(25)26-4)11(2)20-16(10)17(23)12(3)27-18(24)13-9-22-8-6-5-7-14(22)21-13/h5-9,12,20H,1-4H3/t12-/m1/s1. The van der Waals surface area contributed by atoms with E-state index in [0.29, 0.717) is 22.5 Å². The monoisotopic (exact) mass is 369 g/mol. The minimum atomic E-state index is -1.05. The van der Waals surface area contributed by atoms with Gasteiger partial charge in [0.2, 0.25) is 5.78 Å². The number of nitrogens with zero attached hydrogens (tertiary/aromatic N) is 2. The first kappa shape index (κ1) is 18.4. The molecule has 0 radical (unpaired) electrons. The van der Waals surface area contributed by atoms with Crippen molar-refractivity contribution in [3.05, 3.63) is 58.8 Å². The van der Waals surface area contributed by atoms with Crippen LogP contribution in [-0.2, 0) is 9.47 Å². The number of fused-ring (bicyclic) bond motifs is 1. The number of rotatable bonds is 5. The first-order chi connectivity index (χ1) is 12.8. The van der Waals surface area contributed by atoms with Gasteiger partial charge in [-0.1, -0.05) is 6.07 Å². The van der Waals surface area contributed by atoms with Gasteiger partial charge in [0.1, 0.15) is 5.65 Å². The number of H-pyrrole nitrogens is 1. The SMILES string of the molecule is COC(=O)c1c(C)[nH]c(C(=O)[C@@H](C)OC(=O)c2cn3ccccc3n2)c1C. The van der Waals surface area contributed by atoms with E-state index in [-0.39, 0.29) is 11.4 Å². The van der Waals surface area contributed by atoms with Crippen LogP contribution in [0.1, 0.15) is 49.5 Å². The number of methoxy groups -OCH3 is 1. The molecular weight excluding hydrogens is 350 g/mol. The van der Waals surface area contributed by atoms with E-state index in [1.165, 1.54) is 20.2 Å². The summed E-state index contributed by atoms with van der Waals surface area (Å²) in [6, 6.07) is 5.37. The zero-order chi connectivity index (χ0) is 19.7. The van der Waals surface area contributed by atoms with Gasteiger partial charge in [0.25, 0.3) is 0 Å². The third-order valence-corrected chi connectivity index (χ3v) is 4.30. The number of esters is 2. The summed E-state index contributed by atoms with van der Waals surface area (Å²) >= 11 is 0. The van der Waals surface area contributed by atoms with Crippen LogP contribution in [0.15, 0.2) is 30.6 Å². The minimum absolute atomic E-state index is 0.107. The molecule has 0 spiro atoms. The number of carbonyl (C=O) groups excluding carboxylic acids is 3. The molecule has 1 N–H and O–H groups in total. The number of aryl methyl sites for hydroxylation is 1. The average Bonchev–Trinajstić information content (AvgIpc) is 3.21. The van der Waals surface area contributed by atoms with Crippen molar-refractivity contribution in [2.45, 2.75) is 26.9 Å². The largest absolute Gasteiger partial charge is 0.465 e. The summed E-state index contributed by atoms with van der Waals surface area (Å²) in [6.07, 6.45) is 2.24. The predicted octanol–water partition coefficient (Wildman–Crippen LogP) is 2.49. The highest BCUT2D eigenvalue weighted by molar-refractivity contribution is 6.04. The van der Waals surface area contributed by atoms with E-state index >= 15 is 0 Å². The summed E-state index contributed by atoms with van der Waals surface area (Å²) in [5.74, 6) is -1.67. The van der Waals surface area contributed by atoms with E-state index in [0.717, 1.165) is 0 Å². The molecule has 3 heterocycles. The number of Topliss-reactive ketones (excluding diaryl/α,β-unsaturated/α-hetero) is 1. The molecule has 0 unspecified atom stereocenters. The molecule has 27 heavy (non-hydrogen) atoms. The molecule has 3 aromatic rings. The average molecular weight is 369 g/mol. The van der Waals surface area contributed by atoms with E-state index in [2.05, 4.69) is 9.97 Å². The van der Waals surface area contributed by atoms with Crippen molar-refractivity contribution in [3.8, 4) is 0 Å². The smallest absolute Gasteiger partial charge is 0.359 e. The van der Waals surface area contributed by atoms with Crippen LogP contribution in [-0.4, -0.2) is 45.3 Å². The van der Waals surface area contributed by atoms with Crippen molar-refractivity contribution < 1.29 is 23.9 Å². The topological polar surface area (TPSA) is 103 Å². The minimum Gasteiger partial charge on any atom is -0.465 e. The van der Waals surface area contributed by atoms with Gasteiger partial charge in [0, 0.05) is 18.1 Å². The second-order valence-corrected chi connectivity index (χ2v) is 6.12. The molecule has 0 aromatic carbocycles. The van der Waals surface area contributed by atoms with Crippen LogP contribution in [0.5, 0.6) is 0 Å². The number of imidazole rings is 1. The molecule has 0 bridgehead atoms. The van der Waals surface area contributed by atoms with Crippen molar-refractivity contribution in [1.82, 2.24) is 14.4 Å². The number of nitrogens with one attached hydrogen (secondary N) is 1. The Kier molecular flexibility index (Phi) is 4.81. The molecule has 3 aromatic heterocycles. The fraction of sp³-hybridized carbons (Fsp3) is 0.263. The molecule has 0 saturated carbocycles. The fourth-order valence-corrected chi connectivity index (χ4v) is 2.92. The third kappa shape index (κ3) is 3.33. The van der Waals surface area contributed by atoms with Gasteiger partial charge >= 0.3 is 11.9 Å². The predicted molar refractivity (Wildman–Crippen MR) is 96.0 cm³/mol. The van der Waals surface area contributed by atoms with Crippen molar-refractivity contribution in [3.63, 3.8) is 0 Å². The van der Waals surface area contributed by atoms with Crippen molar-refractivity contribution in [2.75, 3.05) is 7.11 Å². The zero-order valence-electron chi connectivity index (χ0n) is 15.4. The van der Waals surface area contributed by atoms with Crippen LogP contribution >= 0.6 is 0 Å². The summed E-state index contributed by atoms with van der Waals surface area (Å²) in [6.45, 7) is 4.78. The normalized spacial score (nSPS) is 12.0. The quantitative estimate of drug-likeness (QED) is 0.547. The molecule has 0 aliphatic rings. The Morgan fingerprint density at radius 3 is 2.59 bits per heavy atom. The third-order valence-electron chi connectivity index (χ3n) is 4.30. The molecule has 3 rings (SSSR count). The lowest BCUT2D eigenvalue weighted by Gasteiger charge is -2.11. The van der Waals surface area contributed by atoms with Crippen LogP contribution in [0.4, 0.5) is 0 Å². The second-order valence-electron chi connectivity index (χ2n) is 6.12. The van der Waals surface area contributed by atoms with Gasteiger partial charge in [-0.2, -0.15) is 0 Å². The van der Waals surface area contributed by atoms with Gasteiger partial charge in [-0.25, -0.2) is 14.6 Å². The number of hydrogen-bond acceptors (Lipinski definition) is 6. The Hall–Kier alpha value is -3.42. The molecule has 8 heteroatoms. The lowest BCUT2D eigenvalue weighted by molar-refractivity contribution is 0.0311. The molecule has 0 amide bonds. The van der Waals surface area contributed by atoms with Gasteiger partial charge in [-0.15, -0.1) is 0 Å². The fourth-order valence-electron chi connectivity index (χ4n) is 2.92. The molecule has 0 saturated heterocycles. The highest BCUT2D eigenvalue weighted by Gasteiger charge is 2.28. The van der Waals surface area contributed by atoms with Crippen LogP contribution in [0, 0.1) is 13.8 Å². The summed E-state index contributed by atoms with van der Waals surface area (Å²) in [5.41, 5.74) is 2.20. The number of hydrogen-bond donors (Lipinski definition) is 1. The van der Waals surface area contributed by atoms with Crippen LogP contribution in [0.3, 0.4) is 0 Å². The molecule has 0 aliphatic carbocycles. The van der Waals surface area contributed by atoms with E-state index in [4.69, 9.17) is 9.47 Å². The Bertz CT molecular complexity index is 1010. The highest BCUT2D eigenvalue weighted by atomic mass is 16.5. The van der Waals surface area contributed by atoms with Gasteiger partial charge in [-0.05, 0) is 38.5 Å². The number of carbonyl (C=O) groups is 3. The summed E-state index contributed by atoms with van der Waals surface area (Å²) in [7, 11) is 1.27. The van der Waals surface area contributed by atoms with E-state index in [1.807, 2.05) is 6.07 Å². The molecule has 1 atom stereocenters. The van der Waals surface area contributed by atoms with Crippen LogP contribution in [0.25, 0.3) is 5.65 Å². The van der Waals surface area contributed by atoms with E-state index in [9.17, 15) is 14.4 Å². The number of ketones is 1. The number of pyridine rings is 1. The first-order valence-electron chi connectivity index (χ1n) is 8.30. The van der Waals surface area contributed by atoms with E-state index < -0.39 is 23.8 Å². The molecule has 0 fully saturated rings. The Morgan fingerprint density at radius 2 is 1.93 bits per heavy atom. The lowest BCUT2D eigenvalue weighted by atomic mass is 10.1. The Morgan fingerprint density at radius 1 is 1.19 bits per heavy atom. The van der Waals surface area contributed by atoms with Gasteiger partial charge < -0.3 is 18.9 Å². The van der Waals surface area contributed by atoms with Crippen LogP contribution in [0.2, 0.25) is 0 Å². The maximum Gasteiger partial charge on any atom is 0.359 e. The number of aromatic nitrogens is 3. The Balaban J connectivity index is 1.79. The van der Waals surface area contributed by atoms with Gasteiger partial charge in [0.05, 0.1) is 18.4 Å². The second kappa shape index (κ2) is 7.06. The van der Waals surface area contributed by atoms with Crippen molar-refractivity contribution in [2.24, 2.45) is 0 Å². The highest BCUT2D eigenvalue weighted by Crippen LogP contribution is 2.21. The zero-order valence-corrected chi connectivity index (χ0v) is 15.4. The van der Waals surface area contributed by atoms with E-state index in [1.54, 1.807) is 36.6 Å². The molecule has 0 aliphatic heterocycles. The van der Waals surface area contributed by atoms with Crippen LogP contribution < -0.4 is 0 Å². The molecular formula is C19H19N3O5. The summed E-state index contributed by atoms with van der Waals surface area (Å²) in [5, 5.41) is 0. The van der Waals surface area contributed by atoms with Crippen molar-refractivity contribution in [1.29, 1.82) is 0 Å². The summed E-state index contributed by atoms with van der Waals surface area (Å²) < 4.78 is 11.7. The maximum absolute atomic E-state index is 12.7. The Labute approximate surface area is 155 Å². The first-order valence-corrected chi connectivity index (χ1v) is 8.30. The summed E-state index contributed by atoms with van der Waals surface area (Å²) in [4.78, 5) is 43.9. The number of ether oxygens (including phenoxy) is 2. The van der Waals surface area contributed by atoms with Gasteiger partial charge in [0.15, 0.2) is 11.8 Å². The number of aromatic amines is 1. The molecule has 8 nitrogen and oxygen atoms in total. The maximum atomic E-state index is 12.7. The lowest BCUT2D eigenvalue weighted by Crippen LogP contribution is -2.25. The van der Waals surface area contributed by atoms with Gasteiger partial charge in [-0.3, -0.25) is 4.79 Å².